The number of anilines is 1. The lowest BCUT2D eigenvalue weighted by atomic mass is 9.97. The molecule has 0 aromatic heterocycles. The Morgan fingerprint density at radius 2 is 1.81 bits per heavy atom. The number of benzodiazepines with no additional fused rings is 1. The molecule has 0 N–H and O–H groups in total. The molecule has 2 aromatic carbocycles. The molecule has 4 nitrogen and oxygen atoms in total. The Balaban J connectivity index is 1.80. The monoisotopic (exact) mass is 351 g/mol. The standard InChI is InChI=1S/C21H22FN3O/c1-24-11-9-17(10-12-24)25-19-8-7-16(22)13-18(19)21(23-14-20(25)26)15-5-3-2-4-6-15/h2-8,13,17H,9-12,14H2,1H3. The molecule has 0 unspecified atom stereocenters. The largest absolute Gasteiger partial charge is 0.307 e. The van der Waals surface area contributed by atoms with Gasteiger partial charge in [-0.25, -0.2) is 4.39 Å². The van der Waals surface area contributed by atoms with Crippen LogP contribution in [0, 0.1) is 5.82 Å². The molecule has 0 bridgehead atoms. The third-order valence-electron chi connectivity index (χ3n) is 5.21. The lowest BCUT2D eigenvalue weighted by Crippen LogP contribution is -2.47. The summed E-state index contributed by atoms with van der Waals surface area (Å²) in [7, 11) is 2.10. The van der Waals surface area contributed by atoms with E-state index in [1.165, 1.54) is 12.1 Å². The third-order valence-corrected chi connectivity index (χ3v) is 5.21. The second-order valence-corrected chi connectivity index (χ2v) is 6.99. The molecule has 1 fully saturated rings. The Bertz CT molecular complexity index is 842. The number of piperidine rings is 1. The van der Waals surface area contributed by atoms with Crippen LogP contribution in [-0.2, 0) is 4.79 Å². The fourth-order valence-corrected chi connectivity index (χ4v) is 3.85. The number of aliphatic imine (C=N–C) groups is 1. The van der Waals surface area contributed by atoms with Gasteiger partial charge in [-0.15, -0.1) is 0 Å². The molecule has 2 aliphatic rings. The third kappa shape index (κ3) is 3.15. The van der Waals surface area contributed by atoms with E-state index in [9.17, 15) is 9.18 Å². The van der Waals surface area contributed by atoms with Gasteiger partial charge in [-0.3, -0.25) is 9.79 Å². The van der Waals surface area contributed by atoms with Gasteiger partial charge in [0.05, 0.1) is 11.4 Å². The van der Waals surface area contributed by atoms with Crippen molar-refractivity contribution >= 4 is 17.3 Å². The van der Waals surface area contributed by atoms with E-state index in [4.69, 9.17) is 0 Å². The normalized spacial score (nSPS) is 19.1. The molecule has 0 aliphatic carbocycles. The predicted octanol–water partition coefficient (Wildman–Crippen LogP) is 3.10. The fraction of sp³-hybridized carbons (Fsp3) is 0.333. The van der Waals surface area contributed by atoms with Crippen molar-refractivity contribution in [3.63, 3.8) is 0 Å². The highest BCUT2D eigenvalue weighted by molar-refractivity contribution is 6.19. The maximum atomic E-state index is 14.1. The number of hydrogen-bond donors (Lipinski definition) is 0. The molecule has 5 heteroatoms. The van der Waals surface area contributed by atoms with Gasteiger partial charge in [-0.05, 0) is 51.2 Å². The van der Waals surface area contributed by atoms with E-state index in [-0.39, 0.29) is 24.3 Å². The van der Waals surface area contributed by atoms with Crippen molar-refractivity contribution in [2.45, 2.75) is 18.9 Å². The van der Waals surface area contributed by atoms with Crippen LogP contribution in [0.2, 0.25) is 0 Å². The van der Waals surface area contributed by atoms with Gasteiger partial charge in [0.1, 0.15) is 12.4 Å². The van der Waals surface area contributed by atoms with E-state index in [1.807, 2.05) is 35.2 Å². The van der Waals surface area contributed by atoms with Crippen molar-refractivity contribution in [3.8, 4) is 0 Å². The highest BCUT2D eigenvalue weighted by Crippen LogP contribution is 2.31. The Morgan fingerprint density at radius 1 is 1.08 bits per heavy atom. The SMILES string of the molecule is CN1CCC(N2C(=O)CN=C(c3ccccc3)c3cc(F)ccc32)CC1. The molecule has 2 aromatic rings. The van der Waals surface area contributed by atoms with E-state index in [2.05, 4.69) is 16.9 Å². The molecule has 0 spiro atoms. The van der Waals surface area contributed by atoms with Gasteiger partial charge in [-0.1, -0.05) is 30.3 Å². The zero-order chi connectivity index (χ0) is 18.1. The van der Waals surface area contributed by atoms with Crippen molar-refractivity contribution in [1.29, 1.82) is 0 Å². The molecule has 4 rings (SSSR count). The van der Waals surface area contributed by atoms with Crippen LogP contribution in [0.25, 0.3) is 0 Å². The second kappa shape index (κ2) is 7.00. The molecule has 0 atom stereocenters. The van der Waals surface area contributed by atoms with Gasteiger partial charge in [0.25, 0.3) is 0 Å². The van der Waals surface area contributed by atoms with E-state index < -0.39 is 0 Å². The first-order chi connectivity index (χ1) is 12.6. The van der Waals surface area contributed by atoms with Crippen LogP contribution < -0.4 is 4.90 Å². The quantitative estimate of drug-likeness (QED) is 0.833. The minimum atomic E-state index is -0.315. The summed E-state index contributed by atoms with van der Waals surface area (Å²) in [6.45, 7) is 2.00. The van der Waals surface area contributed by atoms with Crippen molar-refractivity contribution in [2.24, 2.45) is 4.99 Å². The minimum Gasteiger partial charge on any atom is -0.307 e. The first-order valence-electron chi connectivity index (χ1n) is 9.04. The highest BCUT2D eigenvalue weighted by atomic mass is 19.1. The molecule has 134 valence electrons. The molecule has 0 radical (unpaired) electrons. The fourth-order valence-electron chi connectivity index (χ4n) is 3.85. The number of fused-ring (bicyclic) bond motifs is 1. The van der Waals surface area contributed by atoms with Crippen LogP contribution in [0.5, 0.6) is 0 Å². The molecular weight excluding hydrogens is 329 g/mol. The number of amides is 1. The summed E-state index contributed by atoms with van der Waals surface area (Å²) in [5.41, 5.74) is 3.05. The van der Waals surface area contributed by atoms with Gasteiger partial charge in [0.2, 0.25) is 5.91 Å². The summed E-state index contributed by atoms with van der Waals surface area (Å²) in [5.74, 6) is -0.330. The number of likely N-dealkylation sites (tertiary alicyclic amines) is 1. The predicted molar refractivity (Wildman–Crippen MR) is 101 cm³/mol. The van der Waals surface area contributed by atoms with E-state index in [1.54, 1.807) is 6.07 Å². The molecule has 2 aliphatic heterocycles. The number of carbonyl (C=O) groups is 1. The summed E-state index contributed by atoms with van der Waals surface area (Å²) in [4.78, 5) is 21.6. The lowest BCUT2D eigenvalue weighted by Gasteiger charge is -2.37. The number of carbonyl (C=O) groups excluding carboxylic acids is 1. The van der Waals surface area contributed by atoms with Crippen molar-refractivity contribution < 1.29 is 9.18 Å². The smallest absolute Gasteiger partial charge is 0.248 e. The number of nitrogens with zero attached hydrogens (tertiary/aromatic N) is 3. The van der Waals surface area contributed by atoms with Crippen LogP contribution in [0.15, 0.2) is 53.5 Å². The summed E-state index contributed by atoms with van der Waals surface area (Å²) in [6, 6.07) is 14.5. The molecule has 26 heavy (non-hydrogen) atoms. The molecule has 1 amide bonds. The van der Waals surface area contributed by atoms with E-state index >= 15 is 0 Å². The number of rotatable bonds is 2. The highest BCUT2D eigenvalue weighted by Gasteiger charge is 2.32. The molecule has 0 saturated carbocycles. The zero-order valence-corrected chi connectivity index (χ0v) is 14.9. The maximum absolute atomic E-state index is 14.1. The summed E-state index contributed by atoms with van der Waals surface area (Å²) < 4.78 is 14.1. The Labute approximate surface area is 153 Å². The van der Waals surface area contributed by atoms with Crippen LogP contribution in [0.1, 0.15) is 24.0 Å². The van der Waals surface area contributed by atoms with Crippen molar-refractivity contribution in [1.82, 2.24) is 4.90 Å². The zero-order valence-electron chi connectivity index (χ0n) is 14.9. The summed E-state index contributed by atoms with van der Waals surface area (Å²) >= 11 is 0. The van der Waals surface area contributed by atoms with Gasteiger partial charge >= 0.3 is 0 Å². The molecule has 1 saturated heterocycles. The Morgan fingerprint density at radius 3 is 2.54 bits per heavy atom. The lowest BCUT2D eigenvalue weighted by molar-refractivity contribution is -0.117. The first-order valence-corrected chi connectivity index (χ1v) is 9.04. The molecular formula is C21H22FN3O. The average Bonchev–Trinajstić information content (AvgIpc) is 2.79. The second-order valence-electron chi connectivity index (χ2n) is 6.99. The number of halogens is 1. The van der Waals surface area contributed by atoms with Crippen LogP contribution in [0.4, 0.5) is 10.1 Å². The first kappa shape index (κ1) is 16.9. The van der Waals surface area contributed by atoms with Gasteiger partial charge in [-0.2, -0.15) is 0 Å². The van der Waals surface area contributed by atoms with E-state index in [0.29, 0.717) is 11.3 Å². The van der Waals surface area contributed by atoms with Gasteiger partial charge in [0, 0.05) is 17.2 Å². The maximum Gasteiger partial charge on any atom is 0.248 e. The summed E-state index contributed by atoms with van der Waals surface area (Å²) in [6.07, 6.45) is 1.83. The molecule has 2 heterocycles. The number of hydrogen-bond acceptors (Lipinski definition) is 3. The Hall–Kier alpha value is -2.53. The topological polar surface area (TPSA) is 35.9 Å². The van der Waals surface area contributed by atoms with Crippen molar-refractivity contribution in [3.05, 3.63) is 65.5 Å². The van der Waals surface area contributed by atoms with Crippen LogP contribution >= 0.6 is 0 Å². The Kier molecular flexibility index (Phi) is 4.55. The minimum absolute atomic E-state index is 0.0154. The van der Waals surface area contributed by atoms with Crippen molar-refractivity contribution in [2.75, 3.05) is 31.6 Å². The van der Waals surface area contributed by atoms with Crippen LogP contribution in [0.3, 0.4) is 0 Å². The van der Waals surface area contributed by atoms with Crippen LogP contribution in [-0.4, -0.2) is 49.2 Å². The average molecular weight is 351 g/mol. The summed E-state index contributed by atoms with van der Waals surface area (Å²) in [5, 5.41) is 0. The van der Waals surface area contributed by atoms with E-state index in [0.717, 1.165) is 37.2 Å². The van der Waals surface area contributed by atoms with Gasteiger partial charge in [0.15, 0.2) is 0 Å². The van der Waals surface area contributed by atoms with Gasteiger partial charge < -0.3 is 9.80 Å². The number of benzene rings is 2.